The Labute approximate surface area is 254 Å². The number of amides is 3. The Balaban J connectivity index is 1.40. The van der Waals surface area contributed by atoms with Crippen LogP contribution in [0.5, 0.6) is 5.75 Å². The zero-order valence-corrected chi connectivity index (χ0v) is 24.7. The van der Waals surface area contributed by atoms with E-state index in [1.807, 2.05) is 44.2 Å². The molecular weight excluding hydrogens is 570 g/mol. The molecular formula is C33H30ClN3O4S. The van der Waals surface area contributed by atoms with Crippen LogP contribution >= 0.6 is 23.4 Å². The molecule has 0 bridgehead atoms. The van der Waals surface area contributed by atoms with Crippen LogP contribution in [0.25, 0.3) is 6.08 Å². The minimum absolute atomic E-state index is 0.0594. The van der Waals surface area contributed by atoms with Crippen LogP contribution in [0.15, 0.2) is 114 Å². The van der Waals surface area contributed by atoms with Gasteiger partial charge in [-0.3, -0.25) is 14.4 Å². The van der Waals surface area contributed by atoms with E-state index in [9.17, 15) is 14.4 Å². The molecule has 0 aliphatic rings. The van der Waals surface area contributed by atoms with Crippen molar-refractivity contribution in [2.75, 3.05) is 17.2 Å². The molecule has 3 N–H and O–H groups in total. The summed E-state index contributed by atoms with van der Waals surface area (Å²) in [5.74, 6) is -0.298. The van der Waals surface area contributed by atoms with E-state index in [0.717, 1.165) is 10.6 Å². The van der Waals surface area contributed by atoms with Crippen LogP contribution in [0, 0.1) is 0 Å². The van der Waals surface area contributed by atoms with Crippen molar-refractivity contribution in [1.82, 2.24) is 5.32 Å². The number of ether oxygens (including phenoxy) is 1. The summed E-state index contributed by atoms with van der Waals surface area (Å²) in [7, 11) is 0. The third-order valence-electron chi connectivity index (χ3n) is 5.92. The number of carbonyl (C=O) groups is 3. The lowest BCUT2D eigenvalue weighted by atomic mass is 10.1. The summed E-state index contributed by atoms with van der Waals surface area (Å²) in [6, 6.07) is 30.0. The summed E-state index contributed by atoms with van der Waals surface area (Å²) in [6.45, 7) is 4.32. The highest BCUT2D eigenvalue weighted by Gasteiger charge is 2.17. The molecule has 4 aromatic carbocycles. The molecule has 0 radical (unpaired) electrons. The minimum atomic E-state index is -0.497. The van der Waals surface area contributed by atoms with Crippen molar-refractivity contribution < 1.29 is 19.1 Å². The molecule has 0 fully saturated rings. The van der Waals surface area contributed by atoms with Crippen LogP contribution in [0.2, 0.25) is 5.02 Å². The van der Waals surface area contributed by atoms with E-state index in [0.29, 0.717) is 34.1 Å². The normalized spacial score (nSPS) is 11.7. The Kier molecular flexibility index (Phi) is 10.8. The van der Waals surface area contributed by atoms with Gasteiger partial charge in [0.1, 0.15) is 11.4 Å². The van der Waals surface area contributed by atoms with Gasteiger partial charge in [0, 0.05) is 26.9 Å². The van der Waals surface area contributed by atoms with Gasteiger partial charge in [0.2, 0.25) is 5.91 Å². The topological polar surface area (TPSA) is 96.5 Å². The first-order valence-electron chi connectivity index (χ1n) is 13.3. The molecule has 0 aliphatic carbocycles. The van der Waals surface area contributed by atoms with Crippen molar-refractivity contribution in [2.45, 2.75) is 24.0 Å². The smallest absolute Gasteiger partial charge is 0.272 e. The zero-order chi connectivity index (χ0) is 29.9. The number of halogens is 1. The maximum absolute atomic E-state index is 13.3. The second-order valence-electron chi connectivity index (χ2n) is 9.12. The summed E-state index contributed by atoms with van der Waals surface area (Å²) in [5, 5.41) is 8.60. The van der Waals surface area contributed by atoms with Crippen LogP contribution in [-0.4, -0.2) is 29.6 Å². The number of rotatable bonds is 11. The Morgan fingerprint density at radius 2 is 1.52 bits per heavy atom. The highest BCUT2D eigenvalue weighted by Crippen LogP contribution is 2.26. The fourth-order valence-electron chi connectivity index (χ4n) is 3.82. The fourth-order valence-corrected chi connectivity index (χ4v) is 4.89. The lowest BCUT2D eigenvalue weighted by Gasteiger charge is -2.14. The predicted molar refractivity (Wildman–Crippen MR) is 170 cm³/mol. The first-order valence-corrected chi connectivity index (χ1v) is 14.5. The quantitative estimate of drug-likeness (QED) is 0.124. The van der Waals surface area contributed by atoms with Gasteiger partial charge in [-0.1, -0.05) is 41.9 Å². The van der Waals surface area contributed by atoms with Crippen molar-refractivity contribution in [1.29, 1.82) is 0 Å². The van der Waals surface area contributed by atoms with Gasteiger partial charge in [-0.05, 0) is 98.3 Å². The Bertz CT molecular complexity index is 1560. The summed E-state index contributed by atoms with van der Waals surface area (Å²) < 4.78 is 5.44. The van der Waals surface area contributed by atoms with Gasteiger partial charge < -0.3 is 20.7 Å². The summed E-state index contributed by atoms with van der Waals surface area (Å²) in [4.78, 5) is 39.7. The highest BCUT2D eigenvalue weighted by molar-refractivity contribution is 8.00. The highest BCUT2D eigenvalue weighted by atomic mass is 35.5. The molecule has 214 valence electrons. The Hall–Kier alpha value is -4.53. The van der Waals surface area contributed by atoms with E-state index >= 15 is 0 Å². The van der Waals surface area contributed by atoms with Crippen molar-refractivity contribution in [2.24, 2.45) is 0 Å². The molecule has 0 saturated heterocycles. The van der Waals surface area contributed by atoms with Gasteiger partial charge in [0.05, 0.1) is 11.9 Å². The largest absolute Gasteiger partial charge is 0.494 e. The van der Waals surface area contributed by atoms with Crippen molar-refractivity contribution in [3.63, 3.8) is 0 Å². The molecule has 4 aromatic rings. The van der Waals surface area contributed by atoms with E-state index in [1.54, 1.807) is 78.9 Å². The second kappa shape index (κ2) is 14.9. The van der Waals surface area contributed by atoms with E-state index in [4.69, 9.17) is 16.3 Å². The molecule has 4 rings (SSSR count). The molecule has 0 spiro atoms. The molecule has 0 saturated carbocycles. The fraction of sp³-hybridized carbons (Fsp3) is 0.121. The number of anilines is 2. The summed E-state index contributed by atoms with van der Waals surface area (Å²) in [5.41, 5.74) is 2.36. The average Bonchev–Trinajstić information content (AvgIpc) is 2.99. The van der Waals surface area contributed by atoms with Crippen LogP contribution in [-0.2, 0) is 9.59 Å². The second-order valence-corrected chi connectivity index (χ2v) is 11.0. The zero-order valence-electron chi connectivity index (χ0n) is 23.1. The van der Waals surface area contributed by atoms with E-state index in [-0.39, 0.29) is 16.9 Å². The van der Waals surface area contributed by atoms with Crippen LogP contribution in [0.1, 0.15) is 29.8 Å². The van der Waals surface area contributed by atoms with Crippen molar-refractivity contribution in [3.05, 3.63) is 125 Å². The van der Waals surface area contributed by atoms with Gasteiger partial charge in [-0.25, -0.2) is 0 Å². The minimum Gasteiger partial charge on any atom is -0.494 e. The number of hydrogen-bond acceptors (Lipinski definition) is 5. The van der Waals surface area contributed by atoms with Gasteiger partial charge in [0.25, 0.3) is 11.8 Å². The Morgan fingerprint density at radius 3 is 2.19 bits per heavy atom. The first kappa shape index (κ1) is 30.4. The first-order chi connectivity index (χ1) is 20.3. The summed E-state index contributed by atoms with van der Waals surface area (Å²) >= 11 is 7.51. The molecule has 1 unspecified atom stereocenters. The molecule has 9 heteroatoms. The number of benzene rings is 4. The lowest BCUT2D eigenvalue weighted by molar-refractivity contribution is -0.115. The maximum atomic E-state index is 13.3. The maximum Gasteiger partial charge on any atom is 0.272 e. The van der Waals surface area contributed by atoms with Gasteiger partial charge in [-0.2, -0.15) is 0 Å². The van der Waals surface area contributed by atoms with Crippen molar-refractivity contribution >= 4 is 58.5 Å². The molecule has 42 heavy (non-hydrogen) atoms. The molecule has 0 aliphatic heterocycles. The SMILES string of the molecule is CCOc1ccc(NC(=O)C(C)Sc2ccc(NC(=O)/C(=C/c3cccc(Cl)c3)NC(=O)c3ccccc3)cc2)cc1. The molecule has 7 nitrogen and oxygen atoms in total. The number of nitrogens with one attached hydrogen (secondary N) is 3. The monoisotopic (exact) mass is 599 g/mol. The molecule has 1 atom stereocenters. The van der Waals surface area contributed by atoms with Crippen LogP contribution in [0.4, 0.5) is 11.4 Å². The van der Waals surface area contributed by atoms with Crippen LogP contribution in [0.3, 0.4) is 0 Å². The number of carbonyl (C=O) groups excluding carboxylic acids is 3. The standard InChI is InChI=1S/C33H30ClN3O4S/c1-3-41-28-16-12-26(13-17-28)35-31(38)22(2)42-29-18-14-27(15-19-29)36-33(40)30(21-23-8-7-11-25(34)20-23)37-32(39)24-9-5-4-6-10-24/h4-22H,3H2,1-2H3,(H,35,38)(H,36,40)(H,37,39)/b30-21-. The van der Waals surface area contributed by atoms with Crippen LogP contribution < -0.4 is 20.7 Å². The number of thioether (sulfide) groups is 1. The van der Waals surface area contributed by atoms with Gasteiger partial charge in [-0.15, -0.1) is 11.8 Å². The van der Waals surface area contributed by atoms with Crippen molar-refractivity contribution in [3.8, 4) is 5.75 Å². The third-order valence-corrected chi connectivity index (χ3v) is 7.26. The van der Waals surface area contributed by atoms with E-state index < -0.39 is 11.8 Å². The van der Waals surface area contributed by atoms with E-state index in [1.165, 1.54) is 11.8 Å². The van der Waals surface area contributed by atoms with Gasteiger partial charge >= 0.3 is 0 Å². The van der Waals surface area contributed by atoms with Gasteiger partial charge in [0.15, 0.2) is 0 Å². The number of hydrogen-bond donors (Lipinski definition) is 3. The summed E-state index contributed by atoms with van der Waals surface area (Å²) in [6.07, 6.45) is 1.57. The average molecular weight is 600 g/mol. The molecule has 0 aromatic heterocycles. The lowest BCUT2D eigenvalue weighted by Crippen LogP contribution is -2.30. The molecule has 3 amide bonds. The van der Waals surface area contributed by atoms with E-state index in [2.05, 4.69) is 16.0 Å². The predicted octanol–water partition coefficient (Wildman–Crippen LogP) is 7.27. The third kappa shape index (κ3) is 8.99. The Morgan fingerprint density at radius 1 is 0.857 bits per heavy atom. The molecule has 0 heterocycles.